The van der Waals surface area contributed by atoms with E-state index in [1.807, 2.05) is 24.4 Å². The van der Waals surface area contributed by atoms with E-state index in [4.69, 9.17) is 0 Å². The molecule has 0 aliphatic rings. The van der Waals surface area contributed by atoms with Crippen LogP contribution in [0.2, 0.25) is 0 Å². The smallest absolute Gasteiger partial charge is 0.0877 e. The van der Waals surface area contributed by atoms with Crippen LogP contribution in [0.3, 0.4) is 0 Å². The molecule has 0 aliphatic heterocycles. The molecule has 0 aliphatic carbocycles. The average molecular weight is 319 g/mol. The molecule has 0 radical (unpaired) electrons. The zero-order valence-corrected chi connectivity index (χ0v) is 12.2. The lowest BCUT2D eigenvalue weighted by molar-refractivity contribution is 1.26. The van der Waals surface area contributed by atoms with Crippen molar-refractivity contribution < 1.29 is 0 Å². The van der Waals surface area contributed by atoms with Crippen LogP contribution in [0.15, 0.2) is 52.0 Å². The summed E-state index contributed by atoms with van der Waals surface area (Å²) in [6.45, 7) is 0. The summed E-state index contributed by atoms with van der Waals surface area (Å²) in [5.41, 5.74) is 3.22. The van der Waals surface area contributed by atoms with Gasteiger partial charge in [0, 0.05) is 26.5 Å². The molecule has 0 bridgehead atoms. The van der Waals surface area contributed by atoms with E-state index in [0.717, 1.165) is 21.4 Å². The van der Waals surface area contributed by atoms with Gasteiger partial charge in [-0.25, -0.2) is 0 Å². The number of fused-ring (bicyclic) bond motifs is 1. The Labute approximate surface area is 118 Å². The first kappa shape index (κ1) is 11.8. The zero-order chi connectivity index (χ0) is 12.5. The molecule has 4 heteroatoms. The molecule has 0 fully saturated rings. The van der Waals surface area contributed by atoms with Gasteiger partial charge >= 0.3 is 0 Å². The number of thioether (sulfide) groups is 1. The summed E-state index contributed by atoms with van der Waals surface area (Å²) >= 11 is 5.16. The molecular formula is C14H11BrN2S. The van der Waals surface area contributed by atoms with Gasteiger partial charge in [0.05, 0.1) is 11.4 Å². The molecule has 2 aromatic heterocycles. The number of aromatic nitrogens is 2. The molecule has 0 amide bonds. The maximum absolute atomic E-state index is 4.46. The second-order valence-corrected chi connectivity index (χ2v) is 5.67. The van der Waals surface area contributed by atoms with E-state index in [1.54, 1.807) is 11.8 Å². The van der Waals surface area contributed by atoms with Crippen molar-refractivity contribution in [1.29, 1.82) is 0 Å². The largest absolute Gasteiger partial charge is 0.352 e. The molecule has 0 saturated heterocycles. The van der Waals surface area contributed by atoms with E-state index in [1.165, 1.54) is 10.3 Å². The van der Waals surface area contributed by atoms with Crippen LogP contribution < -0.4 is 0 Å². The number of hydrogen-bond donors (Lipinski definition) is 1. The Morgan fingerprint density at radius 2 is 2.00 bits per heavy atom. The van der Waals surface area contributed by atoms with Crippen LogP contribution in [0.5, 0.6) is 0 Å². The predicted molar refractivity (Wildman–Crippen MR) is 81.0 cm³/mol. The molecule has 3 aromatic rings. The SMILES string of the molecule is CSc1c(-c2ccc(Br)cn2)[nH]c2ccccc12. The molecule has 2 heterocycles. The minimum atomic E-state index is 0.971. The lowest BCUT2D eigenvalue weighted by atomic mass is 10.2. The van der Waals surface area contributed by atoms with Gasteiger partial charge in [-0.15, -0.1) is 11.8 Å². The van der Waals surface area contributed by atoms with Crippen molar-refractivity contribution in [3.8, 4) is 11.4 Å². The van der Waals surface area contributed by atoms with Crippen LogP contribution in [0.4, 0.5) is 0 Å². The van der Waals surface area contributed by atoms with Crippen LogP contribution in [0.25, 0.3) is 22.3 Å². The number of pyridine rings is 1. The van der Waals surface area contributed by atoms with E-state index in [0.29, 0.717) is 0 Å². The molecule has 0 spiro atoms. The first-order chi connectivity index (χ1) is 8.79. The van der Waals surface area contributed by atoms with Gasteiger partial charge in [-0.2, -0.15) is 0 Å². The maximum Gasteiger partial charge on any atom is 0.0877 e. The van der Waals surface area contributed by atoms with Crippen LogP contribution in [-0.4, -0.2) is 16.2 Å². The molecular weight excluding hydrogens is 308 g/mol. The summed E-state index contributed by atoms with van der Waals surface area (Å²) in [5.74, 6) is 0. The van der Waals surface area contributed by atoms with E-state index in [9.17, 15) is 0 Å². The fraction of sp³-hybridized carbons (Fsp3) is 0.0714. The van der Waals surface area contributed by atoms with Crippen molar-refractivity contribution in [1.82, 2.24) is 9.97 Å². The van der Waals surface area contributed by atoms with Gasteiger partial charge in [0.1, 0.15) is 0 Å². The number of para-hydroxylation sites is 1. The summed E-state index contributed by atoms with van der Waals surface area (Å²) in [4.78, 5) is 9.16. The maximum atomic E-state index is 4.46. The molecule has 1 N–H and O–H groups in total. The number of nitrogens with one attached hydrogen (secondary N) is 1. The topological polar surface area (TPSA) is 28.7 Å². The van der Waals surface area contributed by atoms with Gasteiger partial charge in [0.15, 0.2) is 0 Å². The number of nitrogens with zero attached hydrogens (tertiary/aromatic N) is 1. The first-order valence-corrected chi connectivity index (χ1v) is 7.58. The standard InChI is InChI=1S/C14H11BrN2S/c1-18-14-10-4-2-3-5-11(10)17-13(14)12-7-6-9(15)8-16-12/h2-8,17H,1H3. The average Bonchev–Trinajstić information content (AvgIpc) is 2.78. The molecule has 0 unspecified atom stereocenters. The van der Waals surface area contributed by atoms with Crippen molar-refractivity contribution in [2.45, 2.75) is 4.90 Å². The lowest BCUT2D eigenvalue weighted by Crippen LogP contribution is -1.84. The van der Waals surface area contributed by atoms with E-state index in [2.05, 4.69) is 50.4 Å². The highest BCUT2D eigenvalue weighted by Gasteiger charge is 2.12. The van der Waals surface area contributed by atoms with E-state index in [-0.39, 0.29) is 0 Å². The van der Waals surface area contributed by atoms with Gasteiger partial charge in [0.25, 0.3) is 0 Å². The summed E-state index contributed by atoms with van der Waals surface area (Å²) < 4.78 is 0.994. The monoisotopic (exact) mass is 318 g/mol. The highest BCUT2D eigenvalue weighted by atomic mass is 79.9. The molecule has 3 rings (SSSR count). The highest BCUT2D eigenvalue weighted by molar-refractivity contribution is 9.10. The fourth-order valence-corrected chi connectivity index (χ4v) is 3.02. The summed E-state index contributed by atoms with van der Waals surface area (Å²) in [5, 5.41) is 1.25. The normalized spacial score (nSPS) is 11.0. The number of benzene rings is 1. The summed E-state index contributed by atoms with van der Waals surface area (Å²) in [6, 6.07) is 12.4. The van der Waals surface area contributed by atoms with Crippen molar-refractivity contribution in [2.75, 3.05) is 6.26 Å². The molecule has 1 aromatic carbocycles. The zero-order valence-electron chi connectivity index (χ0n) is 9.77. The Kier molecular flexibility index (Phi) is 3.14. The lowest BCUT2D eigenvalue weighted by Gasteiger charge is -2.01. The van der Waals surface area contributed by atoms with Crippen molar-refractivity contribution in [2.24, 2.45) is 0 Å². The highest BCUT2D eigenvalue weighted by Crippen LogP contribution is 2.35. The molecule has 18 heavy (non-hydrogen) atoms. The van der Waals surface area contributed by atoms with Crippen LogP contribution in [-0.2, 0) is 0 Å². The predicted octanol–water partition coefficient (Wildman–Crippen LogP) is 4.71. The Morgan fingerprint density at radius 1 is 1.17 bits per heavy atom. The van der Waals surface area contributed by atoms with Gasteiger partial charge in [-0.1, -0.05) is 18.2 Å². The minimum Gasteiger partial charge on any atom is -0.352 e. The number of halogens is 1. The Morgan fingerprint density at radius 3 is 2.72 bits per heavy atom. The number of rotatable bonds is 2. The number of H-pyrrole nitrogens is 1. The third kappa shape index (κ3) is 1.95. The Balaban J connectivity index is 2.25. The van der Waals surface area contributed by atoms with Gasteiger partial charge in [0.2, 0.25) is 0 Å². The fourth-order valence-electron chi connectivity index (χ4n) is 2.03. The Bertz CT molecular complexity index is 689. The molecule has 90 valence electrons. The Hall–Kier alpha value is -1.26. The molecule has 0 saturated carbocycles. The van der Waals surface area contributed by atoms with Gasteiger partial charge < -0.3 is 4.98 Å². The quantitative estimate of drug-likeness (QED) is 0.693. The van der Waals surface area contributed by atoms with Crippen LogP contribution >= 0.6 is 27.7 Å². The van der Waals surface area contributed by atoms with Gasteiger partial charge in [-0.05, 0) is 40.4 Å². The number of aromatic amines is 1. The van der Waals surface area contributed by atoms with Crippen LogP contribution in [0, 0.1) is 0 Å². The van der Waals surface area contributed by atoms with Crippen molar-refractivity contribution in [3.05, 3.63) is 47.1 Å². The van der Waals surface area contributed by atoms with Gasteiger partial charge in [-0.3, -0.25) is 4.98 Å². The van der Waals surface area contributed by atoms with Crippen LogP contribution in [0.1, 0.15) is 0 Å². The second kappa shape index (κ2) is 4.78. The summed E-state index contributed by atoms with van der Waals surface area (Å²) in [7, 11) is 0. The third-order valence-electron chi connectivity index (χ3n) is 2.85. The third-order valence-corrected chi connectivity index (χ3v) is 4.15. The van der Waals surface area contributed by atoms with E-state index >= 15 is 0 Å². The molecule has 0 atom stereocenters. The minimum absolute atomic E-state index is 0.971. The van der Waals surface area contributed by atoms with E-state index < -0.39 is 0 Å². The van der Waals surface area contributed by atoms with Crippen molar-refractivity contribution >= 4 is 38.6 Å². The number of hydrogen-bond acceptors (Lipinski definition) is 2. The first-order valence-electron chi connectivity index (χ1n) is 5.56. The molecule has 2 nitrogen and oxygen atoms in total. The summed E-state index contributed by atoms with van der Waals surface area (Å²) in [6.07, 6.45) is 3.92. The van der Waals surface area contributed by atoms with Crippen molar-refractivity contribution in [3.63, 3.8) is 0 Å². The second-order valence-electron chi connectivity index (χ2n) is 3.94.